The van der Waals surface area contributed by atoms with E-state index in [1.54, 1.807) is 4.90 Å². The van der Waals surface area contributed by atoms with Crippen LogP contribution in [0.5, 0.6) is 0 Å². The van der Waals surface area contributed by atoms with Crippen molar-refractivity contribution in [3.63, 3.8) is 0 Å². The molecule has 110 valence electrons. The fourth-order valence-electron chi connectivity index (χ4n) is 2.41. The summed E-state index contributed by atoms with van der Waals surface area (Å²) in [4.78, 5) is 29.9. The van der Waals surface area contributed by atoms with Crippen LogP contribution in [0, 0.1) is 6.92 Å². The SMILES string of the molecule is Cc1csc(NC(=O)C(=O)N2CCCCC2CCO)n1. The first kappa shape index (κ1) is 14.9. The third-order valence-corrected chi connectivity index (χ3v) is 4.26. The van der Waals surface area contributed by atoms with Crippen LogP contribution >= 0.6 is 11.3 Å². The minimum Gasteiger partial charge on any atom is -0.396 e. The van der Waals surface area contributed by atoms with Gasteiger partial charge >= 0.3 is 11.8 Å². The average molecular weight is 297 g/mol. The first-order valence-corrected chi connectivity index (χ1v) is 7.64. The van der Waals surface area contributed by atoms with Gasteiger partial charge in [-0.1, -0.05) is 0 Å². The van der Waals surface area contributed by atoms with Gasteiger partial charge in [-0.15, -0.1) is 11.3 Å². The van der Waals surface area contributed by atoms with Gasteiger partial charge in [0.05, 0.1) is 5.69 Å². The topological polar surface area (TPSA) is 82.5 Å². The Morgan fingerprint density at radius 1 is 1.55 bits per heavy atom. The normalized spacial score (nSPS) is 18.9. The van der Waals surface area contributed by atoms with E-state index >= 15 is 0 Å². The second-order valence-corrected chi connectivity index (χ2v) is 5.77. The minimum absolute atomic E-state index is 0.0295. The Kier molecular flexibility index (Phi) is 5.08. The molecule has 0 aromatic carbocycles. The molecule has 20 heavy (non-hydrogen) atoms. The quantitative estimate of drug-likeness (QED) is 0.820. The highest BCUT2D eigenvalue weighted by Crippen LogP contribution is 2.20. The Morgan fingerprint density at radius 2 is 2.35 bits per heavy atom. The monoisotopic (exact) mass is 297 g/mol. The van der Waals surface area contributed by atoms with Gasteiger partial charge in [-0.25, -0.2) is 4.98 Å². The lowest BCUT2D eigenvalue weighted by Crippen LogP contribution is -2.48. The molecule has 1 saturated heterocycles. The third kappa shape index (κ3) is 3.55. The zero-order valence-electron chi connectivity index (χ0n) is 11.5. The van der Waals surface area contributed by atoms with Crippen molar-refractivity contribution in [3.05, 3.63) is 11.1 Å². The zero-order valence-corrected chi connectivity index (χ0v) is 12.3. The molecule has 1 aliphatic rings. The van der Waals surface area contributed by atoms with Crippen LogP contribution in [0.2, 0.25) is 0 Å². The Hall–Kier alpha value is -1.47. The molecule has 2 heterocycles. The lowest BCUT2D eigenvalue weighted by atomic mass is 9.99. The zero-order chi connectivity index (χ0) is 14.5. The molecule has 0 saturated carbocycles. The van der Waals surface area contributed by atoms with E-state index in [0.717, 1.165) is 25.0 Å². The van der Waals surface area contributed by atoms with E-state index in [2.05, 4.69) is 10.3 Å². The summed E-state index contributed by atoms with van der Waals surface area (Å²) < 4.78 is 0. The van der Waals surface area contributed by atoms with E-state index in [-0.39, 0.29) is 12.6 Å². The number of aromatic nitrogens is 1. The minimum atomic E-state index is -0.649. The summed E-state index contributed by atoms with van der Waals surface area (Å²) >= 11 is 1.30. The first-order chi connectivity index (χ1) is 9.61. The van der Waals surface area contributed by atoms with Crippen LogP contribution < -0.4 is 5.32 Å². The second kappa shape index (κ2) is 6.81. The summed E-state index contributed by atoms with van der Waals surface area (Å²) in [6.07, 6.45) is 3.30. The molecule has 0 spiro atoms. The molecule has 6 nitrogen and oxygen atoms in total. The number of hydrogen-bond acceptors (Lipinski definition) is 5. The molecule has 0 aliphatic carbocycles. The highest BCUT2D eigenvalue weighted by Gasteiger charge is 2.30. The maximum Gasteiger partial charge on any atom is 0.315 e. The number of nitrogens with zero attached hydrogens (tertiary/aromatic N) is 2. The fraction of sp³-hybridized carbons (Fsp3) is 0.615. The molecule has 2 rings (SSSR count). The molecule has 2 amide bonds. The number of amides is 2. The molecule has 1 aliphatic heterocycles. The highest BCUT2D eigenvalue weighted by molar-refractivity contribution is 7.14. The number of anilines is 1. The lowest BCUT2D eigenvalue weighted by molar-refractivity contribution is -0.146. The molecule has 0 bridgehead atoms. The van der Waals surface area contributed by atoms with Gasteiger partial charge in [0.1, 0.15) is 0 Å². The number of carbonyl (C=O) groups excluding carboxylic acids is 2. The predicted molar refractivity (Wildman–Crippen MR) is 76.5 cm³/mol. The predicted octanol–water partition coefficient (Wildman–Crippen LogP) is 1.15. The molecule has 1 fully saturated rings. The van der Waals surface area contributed by atoms with E-state index in [0.29, 0.717) is 18.1 Å². The van der Waals surface area contributed by atoms with Crippen molar-refractivity contribution in [2.75, 3.05) is 18.5 Å². The lowest BCUT2D eigenvalue weighted by Gasteiger charge is -2.34. The number of piperidine rings is 1. The summed E-state index contributed by atoms with van der Waals surface area (Å²) in [6.45, 7) is 2.44. The molecule has 1 aromatic rings. The second-order valence-electron chi connectivity index (χ2n) is 4.91. The number of nitrogens with one attached hydrogen (secondary N) is 1. The summed E-state index contributed by atoms with van der Waals surface area (Å²) in [6, 6.07) is -0.0370. The number of likely N-dealkylation sites (tertiary alicyclic amines) is 1. The van der Waals surface area contributed by atoms with Crippen LogP contribution in [-0.2, 0) is 9.59 Å². The van der Waals surface area contributed by atoms with Crippen LogP contribution in [0.15, 0.2) is 5.38 Å². The molecule has 1 atom stereocenters. The van der Waals surface area contributed by atoms with E-state index in [9.17, 15) is 9.59 Å². The maximum atomic E-state index is 12.2. The van der Waals surface area contributed by atoms with Crippen LogP contribution in [0.4, 0.5) is 5.13 Å². The number of hydrogen-bond donors (Lipinski definition) is 2. The van der Waals surface area contributed by atoms with E-state index < -0.39 is 11.8 Å². The summed E-state index contributed by atoms with van der Waals surface area (Å²) in [5.41, 5.74) is 0.814. The van der Waals surface area contributed by atoms with Gasteiger partial charge in [0.25, 0.3) is 0 Å². The Labute approximate surface area is 121 Å². The molecule has 1 aromatic heterocycles. The van der Waals surface area contributed by atoms with E-state index in [1.165, 1.54) is 11.3 Å². The molecule has 2 N–H and O–H groups in total. The van der Waals surface area contributed by atoms with Crippen molar-refractivity contribution < 1.29 is 14.7 Å². The number of aryl methyl sites for hydroxylation is 1. The smallest absolute Gasteiger partial charge is 0.315 e. The van der Waals surface area contributed by atoms with Gasteiger partial charge < -0.3 is 10.0 Å². The standard InChI is InChI=1S/C13H19N3O3S/c1-9-8-20-13(14-9)15-11(18)12(19)16-6-3-2-4-10(16)5-7-17/h8,10,17H,2-7H2,1H3,(H,14,15,18). The van der Waals surface area contributed by atoms with Crippen molar-refractivity contribution in [1.29, 1.82) is 0 Å². The number of aliphatic hydroxyl groups excluding tert-OH is 1. The Balaban J connectivity index is 1.99. The summed E-state index contributed by atoms with van der Waals surface area (Å²) in [5.74, 6) is -1.18. The van der Waals surface area contributed by atoms with Gasteiger partial charge in [-0.2, -0.15) is 0 Å². The fourth-order valence-corrected chi connectivity index (χ4v) is 3.09. The van der Waals surface area contributed by atoms with Crippen LogP contribution in [0.3, 0.4) is 0 Å². The van der Waals surface area contributed by atoms with Crippen molar-refractivity contribution in [3.8, 4) is 0 Å². The van der Waals surface area contributed by atoms with Gasteiger partial charge in [0.15, 0.2) is 5.13 Å². The Bertz CT molecular complexity index is 487. The van der Waals surface area contributed by atoms with Gasteiger partial charge in [0.2, 0.25) is 0 Å². The first-order valence-electron chi connectivity index (χ1n) is 6.76. The summed E-state index contributed by atoms with van der Waals surface area (Å²) in [7, 11) is 0. The number of thiazole rings is 1. The summed E-state index contributed by atoms with van der Waals surface area (Å²) in [5, 5.41) is 13.8. The molecule has 7 heteroatoms. The average Bonchev–Trinajstić information content (AvgIpc) is 2.84. The van der Waals surface area contributed by atoms with Gasteiger partial charge in [-0.05, 0) is 32.6 Å². The highest BCUT2D eigenvalue weighted by atomic mass is 32.1. The van der Waals surface area contributed by atoms with Gasteiger partial charge in [-0.3, -0.25) is 14.9 Å². The van der Waals surface area contributed by atoms with Crippen LogP contribution in [-0.4, -0.2) is 46.0 Å². The van der Waals surface area contributed by atoms with Gasteiger partial charge in [0, 0.05) is 24.6 Å². The van der Waals surface area contributed by atoms with Crippen molar-refractivity contribution in [1.82, 2.24) is 9.88 Å². The van der Waals surface area contributed by atoms with Crippen molar-refractivity contribution in [2.45, 2.75) is 38.6 Å². The maximum absolute atomic E-state index is 12.2. The molecule has 0 radical (unpaired) electrons. The Morgan fingerprint density at radius 3 is 3.00 bits per heavy atom. The van der Waals surface area contributed by atoms with E-state index in [4.69, 9.17) is 5.11 Å². The third-order valence-electron chi connectivity index (χ3n) is 3.38. The van der Waals surface area contributed by atoms with Crippen LogP contribution in [0.25, 0.3) is 0 Å². The van der Waals surface area contributed by atoms with E-state index in [1.807, 2.05) is 12.3 Å². The molecule has 1 unspecified atom stereocenters. The largest absolute Gasteiger partial charge is 0.396 e. The number of rotatable bonds is 3. The van der Waals surface area contributed by atoms with Crippen molar-refractivity contribution >= 4 is 28.3 Å². The van der Waals surface area contributed by atoms with Crippen molar-refractivity contribution in [2.24, 2.45) is 0 Å². The van der Waals surface area contributed by atoms with Crippen LogP contribution in [0.1, 0.15) is 31.4 Å². The molecular weight excluding hydrogens is 278 g/mol. The molecular formula is C13H19N3O3S. The number of carbonyl (C=O) groups is 2. The number of aliphatic hydroxyl groups is 1.